The largest absolute Gasteiger partial charge is 0.496 e. The molecule has 4 fully saturated rings. The van der Waals surface area contributed by atoms with Crippen LogP contribution in [0.3, 0.4) is 0 Å². The summed E-state index contributed by atoms with van der Waals surface area (Å²) in [6.45, 7) is 0. The molecule has 5 nitrogen and oxygen atoms in total. The van der Waals surface area contributed by atoms with Gasteiger partial charge in [0.15, 0.2) is 0 Å². The van der Waals surface area contributed by atoms with E-state index < -0.39 is 5.97 Å². The van der Waals surface area contributed by atoms with Crippen LogP contribution in [-0.2, 0) is 10.2 Å². The lowest BCUT2D eigenvalue weighted by atomic mass is 9.48. The van der Waals surface area contributed by atoms with Gasteiger partial charge in [0.05, 0.1) is 19.8 Å². The average molecular weight is 452 g/mol. The molecule has 6 rings (SSSR count). The van der Waals surface area contributed by atoms with Gasteiger partial charge >= 0.3 is 5.97 Å². The molecule has 0 aliphatic heterocycles. The third-order valence-corrected chi connectivity index (χ3v) is 8.39. The molecule has 0 heterocycles. The van der Waals surface area contributed by atoms with Crippen molar-refractivity contribution < 1.29 is 19.1 Å². The van der Waals surface area contributed by atoms with Crippen molar-refractivity contribution in [3.8, 4) is 5.75 Å². The van der Waals surface area contributed by atoms with Crippen LogP contribution in [0.2, 0.25) is 0 Å². The molecule has 168 valence electrons. The first-order valence-corrected chi connectivity index (χ1v) is 12.2. The second-order valence-electron chi connectivity index (χ2n) is 9.66. The van der Waals surface area contributed by atoms with Crippen molar-refractivity contribution in [2.45, 2.75) is 48.8 Å². The van der Waals surface area contributed by atoms with E-state index in [2.05, 4.69) is 10.8 Å². The lowest BCUT2D eigenvalue weighted by Crippen LogP contribution is -2.48. The van der Waals surface area contributed by atoms with E-state index in [0.717, 1.165) is 28.4 Å². The Labute approximate surface area is 193 Å². The molecule has 2 aromatic rings. The van der Waals surface area contributed by atoms with Crippen LogP contribution >= 0.6 is 11.9 Å². The second kappa shape index (κ2) is 8.47. The van der Waals surface area contributed by atoms with E-state index in [0.29, 0.717) is 11.1 Å². The molecule has 6 heteroatoms. The summed E-state index contributed by atoms with van der Waals surface area (Å²) in [4.78, 5) is 25.2. The normalized spacial score (nSPS) is 27.8. The first kappa shape index (κ1) is 21.4. The molecule has 0 saturated heterocycles. The monoisotopic (exact) mass is 451 g/mol. The topological polar surface area (TPSA) is 64.6 Å². The number of rotatable bonds is 6. The van der Waals surface area contributed by atoms with Gasteiger partial charge in [-0.15, -0.1) is 0 Å². The fourth-order valence-electron chi connectivity index (χ4n) is 6.65. The average Bonchev–Trinajstić information content (AvgIpc) is 2.81. The maximum absolute atomic E-state index is 12.6. The predicted molar refractivity (Wildman–Crippen MR) is 124 cm³/mol. The Morgan fingerprint density at radius 1 is 0.906 bits per heavy atom. The van der Waals surface area contributed by atoms with Crippen LogP contribution in [0, 0.1) is 17.8 Å². The highest BCUT2D eigenvalue weighted by Crippen LogP contribution is 2.62. The Balaban J connectivity index is 1.32. The number of hydrogen-bond acceptors (Lipinski definition) is 5. The van der Waals surface area contributed by atoms with E-state index in [1.54, 1.807) is 31.4 Å². The Bertz CT molecular complexity index is 997. The number of nitrogens with one attached hydrogen (secondary N) is 1. The van der Waals surface area contributed by atoms with Crippen molar-refractivity contribution in [1.29, 1.82) is 0 Å². The molecule has 0 radical (unpaired) electrons. The maximum Gasteiger partial charge on any atom is 0.337 e. The summed E-state index contributed by atoms with van der Waals surface area (Å²) in [5, 5.41) is 0. The number of ether oxygens (including phenoxy) is 2. The van der Waals surface area contributed by atoms with Gasteiger partial charge in [0, 0.05) is 16.0 Å². The number of benzene rings is 2. The van der Waals surface area contributed by atoms with E-state index >= 15 is 0 Å². The Morgan fingerprint density at radius 3 is 2.06 bits per heavy atom. The molecule has 1 N–H and O–H groups in total. The smallest absolute Gasteiger partial charge is 0.337 e. The number of esters is 1. The minimum Gasteiger partial charge on any atom is -0.496 e. The lowest BCUT2D eigenvalue weighted by Gasteiger charge is -2.57. The van der Waals surface area contributed by atoms with E-state index in [1.807, 2.05) is 12.1 Å². The minimum atomic E-state index is -0.415. The summed E-state index contributed by atoms with van der Waals surface area (Å²) in [5.74, 6) is 2.93. The molecule has 32 heavy (non-hydrogen) atoms. The number of amides is 1. The van der Waals surface area contributed by atoms with Crippen molar-refractivity contribution in [3.05, 3.63) is 59.2 Å². The van der Waals surface area contributed by atoms with Gasteiger partial charge in [0.1, 0.15) is 5.75 Å². The van der Waals surface area contributed by atoms with Crippen molar-refractivity contribution in [2.75, 3.05) is 14.2 Å². The third-order valence-electron chi connectivity index (χ3n) is 7.61. The SMILES string of the molecule is COC(=O)c1ccc(C(=O)NSc2ccc(OC)c(C34CC5CC(CC(C5)C3)C4)c2)cc1. The van der Waals surface area contributed by atoms with Gasteiger partial charge in [-0.3, -0.25) is 9.52 Å². The molecular formula is C26H29NO4S. The van der Waals surface area contributed by atoms with Gasteiger partial charge in [-0.1, -0.05) is 0 Å². The molecular weight excluding hydrogens is 422 g/mol. The van der Waals surface area contributed by atoms with Crippen LogP contribution in [0.1, 0.15) is 64.8 Å². The van der Waals surface area contributed by atoms with Crippen LogP contribution < -0.4 is 9.46 Å². The van der Waals surface area contributed by atoms with Crippen molar-refractivity contribution in [3.63, 3.8) is 0 Å². The predicted octanol–water partition coefficient (Wildman–Crippen LogP) is 5.39. The molecule has 0 spiro atoms. The van der Waals surface area contributed by atoms with Crippen LogP contribution in [-0.4, -0.2) is 26.1 Å². The van der Waals surface area contributed by atoms with Crippen LogP contribution in [0.15, 0.2) is 47.4 Å². The molecule has 0 atom stereocenters. The van der Waals surface area contributed by atoms with Gasteiger partial charge in [-0.25, -0.2) is 4.79 Å². The van der Waals surface area contributed by atoms with Gasteiger partial charge in [-0.05, 0) is 116 Å². The molecule has 4 aliphatic rings. The molecule has 0 unspecified atom stereocenters. The minimum absolute atomic E-state index is 0.196. The van der Waals surface area contributed by atoms with Gasteiger partial charge in [-0.2, -0.15) is 0 Å². The second-order valence-corrected chi connectivity index (χ2v) is 10.5. The zero-order chi connectivity index (χ0) is 22.3. The molecule has 4 saturated carbocycles. The van der Waals surface area contributed by atoms with Crippen LogP contribution in [0.4, 0.5) is 0 Å². The first-order valence-electron chi connectivity index (χ1n) is 11.3. The zero-order valence-electron chi connectivity index (χ0n) is 18.6. The summed E-state index contributed by atoms with van der Waals surface area (Å²) >= 11 is 1.33. The van der Waals surface area contributed by atoms with Crippen molar-refractivity contribution in [1.82, 2.24) is 4.72 Å². The summed E-state index contributed by atoms with van der Waals surface area (Å²) in [7, 11) is 3.10. The van der Waals surface area contributed by atoms with Crippen LogP contribution in [0.25, 0.3) is 0 Å². The van der Waals surface area contributed by atoms with Gasteiger partial charge in [0.25, 0.3) is 5.91 Å². The summed E-state index contributed by atoms with van der Waals surface area (Å²) < 4.78 is 13.4. The zero-order valence-corrected chi connectivity index (χ0v) is 19.4. The van der Waals surface area contributed by atoms with Crippen molar-refractivity contribution in [2.24, 2.45) is 17.8 Å². The van der Waals surface area contributed by atoms with Gasteiger partial charge < -0.3 is 9.47 Å². The Hall–Kier alpha value is -2.47. The van der Waals surface area contributed by atoms with E-state index in [-0.39, 0.29) is 11.3 Å². The summed E-state index contributed by atoms with van der Waals surface area (Å²) in [5.41, 5.74) is 2.47. The molecule has 4 aliphatic carbocycles. The van der Waals surface area contributed by atoms with E-state index in [4.69, 9.17) is 9.47 Å². The molecule has 2 aromatic carbocycles. The maximum atomic E-state index is 12.6. The van der Waals surface area contributed by atoms with E-state index in [9.17, 15) is 9.59 Å². The first-order chi connectivity index (χ1) is 15.5. The van der Waals surface area contributed by atoms with E-state index in [1.165, 1.54) is 63.1 Å². The molecule has 1 amide bonds. The quantitative estimate of drug-likeness (QED) is 0.471. The van der Waals surface area contributed by atoms with Crippen LogP contribution in [0.5, 0.6) is 5.75 Å². The highest BCUT2D eigenvalue weighted by molar-refractivity contribution is 7.98. The fraction of sp³-hybridized carbons (Fsp3) is 0.462. The number of carbonyl (C=O) groups is 2. The lowest BCUT2D eigenvalue weighted by molar-refractivity contribution is -0.00625. The third kappa shape index (κ3) is 3.90. The number of hydrogen-bond donors (Lipinski definition) is 1. The summed E-state index contributed by atoms with van der Waals surface area (Å²) in [6, 6.07) is 12.8. The number of methoxy groups -OCH3 is 2. The highest BCUT2D eigenvalue weighted by Gasteiger charge is 2.52. The van der Waals surface area contributed by atoms with Gasteiger partial charge in [0.2, 0.25) is 0 Å². The Kier molecular flexibility index (Phi) is 5.66. The molecule has 0 aromatic heterocycles. The van der Waals surface area contributed by atoms with Crippen molar-refractivity contribution >= 4 is 23.8 Å². The molecule has 4 bridgehead atoms. The standard InChI is InChI=1S/C26H29NO4S/c1-30-23-8-7-21(32-27-24(28)19-3-5-20(6-4-19)25(29)31-2)12-22(23)26-13-16-9-17(14-26)11-18(10-16)15-26/h3-8,12,16-18H,9-11,13-15H2,1-2H3,(H,27,28). The highest BCUT2D eigenvalue weighted by atomic mass is 32.2. The Morgan fingerprint density at radius 2 is 1.50 bits per heavy atom. The fourth-order valence-corrected chi connectivity index (χ4v) is 7.29. The summed E-state index contributed by atoms with van der Waals surface area (Å²) in [6.07, 6.45) is 8.01. The number of carbonyl (C=O) groups excluding carboxylic acids is 2.